The number of hydrogen-bond donors (Lipinski definition) is 2. The van der Waals surface area contributed by atoms with Crippen molar-refractivity contribution in [2.75, 3.05) is 11.1 Å². The maximum absolute atomic E-state index is 6.13. The Morgan fingerprint density at radius 3 is 1.20 bits per heavy atom. The van der Waals surface area contributed by atoms with Crippen LogP contribution in [0.2, 0.25) is 5.02 Å². The molecule has 0 bridgehead atoms. The van der Waals surface area contributed by atoms with Gasteiger partial charge in [-0.2, -0.15) is 0 Å². The van der Waals surface area contributed by atoms with Crippen molar-refractivity contribution < 1.29 is 0 Å². The van der Waals surface area contributed by atoms with Gasteiger partial charge in [-0.25, -0.2) is 0 Å². The summed E-state index contributed by atoms with van der Waals surface area (Å²) in [5.74, 6) is 0. The van der Waals surface area contributed by atoms with Crippen LogP contribution in [-0.2, 0) is 0 Å². The minimum Gasteiger partial charge on any atom is -0.399 e. The first kappa shape index (κ1) is 42.4. The zero-order valence-electron chi connectivity index (χ0n) is 37.4. The summed E-state index contributed by atoms with van der Waals surface area (Å²) >= 11 is 9.87. The van der Waals surface area contributed by atoms with Crippen LogP contribution in [0, 0.1) is 0 Å². The molecule has 69 heavy (non-hydrogen) atoms. The third kappa shape index (κ3) is 8.74. The van der Waals surface area contributed by atoms with Crippen LogP contribution >= 0.6 is 34.3 Å². The fraction of sp³-hybridized carbons (Fsp3) is 0. The van der Waals surface area contributed by atoms with Crippen LogP contribution in [-0.4, -0.2) is 0 Å². The molecule has 0 aliphatic carbocycles. The molecule has 0 unspecified atom stereocenters. The van der Waals surface area contributed by atoms with Crippen molar-refractivity contribution in [2.45, 2.75) is 0 Å². The predicted molar refractivity (Wildman–Crippen MR) is 305 cm³/mol. The SMILES string of the molecule is Clc1ccc2cc(-c3ccc4sc5cc6ccccc6cc5c4c3)ccc2c1.Nc1ccccc1.c1ccc(Nc2ccc3cc(-c4ccc5sc6cc7ccccc7cc6c5c4)ccc3c2)cc1. The number of para-hydroxylation sites is 2. The molecular weight excluding hydrogens is 896 g/mol. The zero-order chi connectivity index (χ0) is 46.3. The first-order chi connectivity index (χ1) is 33.9. The summed E-state index contributed by atoms with van der Waals surface area (Å²) in [6, 6.07) is 86.0. The number of halogens is 1. The third-order valence-corrected chi connectivity index (χ3v) is 15.3. The molecule has 12 aromatic carbocycles. The molecule has 3 N–H and O–H groups in total. The number of hydrogen-bond acceptors (Lipinski definition) is 4. The molecule has 0 radical (unpaired) electrons. The van der Waals surface area contributed by atoms with E-state index in [1.807, 2.05) is 83.3 Å². The second kappa shape index (κ2) is 18.2. The molecule has 0 aliphatic heterocycles. The van der Waals surface area contributed by atoms with Crippen LogP contribution in [0.15, 0.2) is 243 Å². The molecule has 0 saturated heterocycles. The fourth-order valence-corrected chi connectivity index (χ4v) is 11.7. The Bertz CT molecular complexity index is 4200. The lowest BCUT2D eigenvalue weighted by molar-refractivity contribution is 1.57. The Balaban J connectivity index is 0.000000127. The predicted octanol–water partition coefficient (Wildman–Crippen LogP) is 19.7. The summed E-state index contributed by atoms with van der Waals surface area (Å²) in [4.78, 5) is 0. The Kier molecular flexibility index (Phi) is 11.2. The molecule has 2 nitrogen and oxygen atoms in total. The van der Waals surface area contributed by atoms with Gasteiger partial charge in [-0.3, -0.25) is 0 Å². The monoisotopic (exact) mass is 938 g/mol. The van der Waals surface area contributed by atoms with Gasteiger partial charge in [0.2, 0.25) is 0 Å². The van der Waals surface area contributed by atoms with Crippen molar-refractivity contribution in [1.82, 2.24) is 0 Å². The molecule has 0 atom stereocenters. The Hall–Kier alpha value is -7.99. The van der Waals surface area contributed by atoms with Gasteiger partial charge in [-0.05, 0) is 175 Å². The van der Waals surface area contributed by atoms with E-state index >= 15 is 0 Å². The van der Waals surface area contributed by atoms with Crippen LogP contribution in [0.25, 0.3) is 106 Å². The van der Waals surface area contributed by atoms with Gasteiger partial charge in [0.05, 0.1) is 0 Å². The first-order valence-corrected chi connectivity index (χ1v) is 25.0. The second-order valence-electron chi connectivity index (χ2n) is 17.4. The average molecular weight is 940 g/mol. The fourth-order valence-electron chi connectivity index (χ4n) is 9.32. The standard InChI is InChI=1S/C32H21NS.C26H15ClS.C6H7N/c1-2-8-27(9-3-1)33-28-14-12-24-16-23(10-11-25(24)17-28)26-13-15-31-29(19-26)30-18-21-6-4-5-7-22(21)20-32(30)34-31;27-22-9-7-19-11-18(5-6-20(19)12-22)21-8-10-25-23(14-21)24-13-16-3-1-2-4-17(16)15-26(24)28-25;7-6-4-2-1-3-5-6/h1-20,33H;1-15H;1-5H,7H2. The highest BCUT2D eigenvalue weighted by atomic mass is 35.5. The van der Waals surface area contributed by atoms with Gasteiger partial charge < -0.3 is 11.1 Å². The second-order valence-corrected chi connectivity index (χ2v) is 20.0. The minimum absolute atomic E-state index is 0.777. The maximum Gasteiger partial charge on any atom is 0.0412 e. The van der Waals surface area contributed by atoms with E-state index in [1.165, 1.54) is 106 Å². The van der Waals surface area contributed by atoms with Crippen molar-refractivity contribution in [3.05, 3.63) is 248 Å². The lowest BCUT2D eigenvalue weighted by atomic mass is 9.99. The third-order valence-electron chi connectivity index (χ3n) is 12.8. The van der Waals surface area contributed by atoms with Crippen molar-refractivity contribution in [2.24, 2.45) is 0 Å². The van der Waals surface area contributed by atoms with Crippen LogP contribution in [0.4, 0.5) is 17.1 Å². The molecule has 14 rings (SSSR count). The number of thiophene rings is 2. The van der Waals surface area contributed by atoms with Crippen LogP contribution in [0.3, 0.4) is 0 Å². The molecule has 0 aliphatic rings. The Labute approximate surface area is 413 Å². The Morgan fingerprint density at radius 1 is 0.290 bits per heavy atom. The summed E-state index contributed by atoms with van der Waals surface area (Å²) in [7, 11) is 0. The number of nitrogens with two attached hydrogens (primary N) is 1. The van der Waals surface area contributed by atoms with Crippen molar-refractivity contribution in [1.29, 1.82) is 0 Å². The molecule has 2 aromatic heterocycles. The van der Waals surface area contributed by atoms with Gasteiger partial charge in [-0.15, -0.1) is 22.7 Å². The number of benzene rings is 12. The Morgan fingerprint density at radius 2 is 0.681 bits per heavy atom. The van der Waals surface area contributed by atoms with E-state index in [0.717, 1.165) is 22.1 Å². The number of nitrogens with one attached hydrogen (secondary N) is 1. The van der Waals surface area contributed by atoms with E-state index in [1.54, 1.807) is 0 Å². The van der Waals surface area contributed by atoms with E-state index in [4.69, 9.17) is 17.3 Å². The van der Waals surface area contributed by atoms with Gasteiger partial charge in [0.1, 0.15) is 0 Å². The van der Waals surface area contributed by atoms with Crippen LogP contribution in [0.5, 0.6) is 0 Å². The molecule has 328 valence electrons. The number of nitrogen functional groups attached to an aromatic ring is 1. The molecule has 0 amide bonds. The topological polar surface area (TPSA) is 38.0 Å². The minimum atomic E-state index is 0.777. The maximum atomic E-state index is 6.13. The molecule has 0 saturated carbocycles. The van der Waals surface area contributed by atoms with Crippen molar-refractivity contribution in [3.8, 4) is 22.3 Å². The summed E-state index contributed by atoms with van der Waals surface area (Å²) < 4.78 is 5.37. The normalized spacial score (nSPS) is 11.3. The van der Waals surface area contributed by atoms with Gasteiger partial charge in [0.15, 0.2) is 0 Å². The van der Waals surface area contributed by atoms with Gasteiger partial charge in [0.25, 0.3) is 0 Å². The highest BCUT2D eigenvalue weighted by Crippen LogP contribution is 2.41. The van der Waals surface area contributed by atoms with Crippen LogP contribution in [0.1, 0.15) is 0 Å². The summed E-state index contributed by atoms with van der Waals surface area (Å²) in [6.07, 6.45) is 0. The lowest BCUT2D eigenvalue weighted by Gasteiger charge is -2.09. The van der Waals surface area contributed by atoms with Crippen molar-refractivity contribution >= 4 is 135 Å². The van der Waals surface area contributed by atoms with E-state index in [-0.39, 0.29) is 0 Å². The largest absolute Gasteiger partial charge is 0.399 e. The molecule has 14 aromatic rings. The van der Waals surface area contributed by atoms with Gasteiger partial charge in [0, 0.05) is 62.4 Å². The molecule has 0 spiro atoms. The quantitative estimate of drug-likeness (QED) is 0.173. The highest BCUT2D eigenvalue weighted by molar-refractivity contribution is 7.26. The van der Waals surface area contributed by atoms with E-state index < -0.39 is 0 Å². The zero-order valence-corrected chi connectivity index (χ0v) is 39.8. The van der Waals surface area contributed by atoms with E-state index in [9.17, 15) is 0 Å². The number of fused-ring (bicyclic) bond motifs is 10. The van der Waals surface area contributed by atoms with Gasteiger partial charge in [-0.1, -0.05) is 145 Å². The van der Waals surface area contributed by atoms with Crippen LogP contribution < -0.4 is 11.1 Å². The summed E-state index contributed by atoms with van der Waals surface area (Å²) in [5, 5.41) is 19.7. The summed E-state index contributed by atoms with van der Waals surface area (Å²) in [6.45, 7) is 0. The molecule has 2 heterocycles. The smallest absolute Gasteiger partial charge is 0.0412 e. The number of anilines is 3. The summed E-state index contributed by atoms with van der Waals surface area (Å²) in [5.41, 5.74) is 13.4. The lowest BCUT2D eigenvalue weighted by Crippen LogP contribution is -1.89. The molecular formula is C64H43ClN2S2. The highest BCUT2D eigenvalue weighted by Gasteiger charge is 2.11. The van der Waals surface area contributed by atoms with E-state index in [2.05, 4.69) is 187 Å². The van der Waals surface area contributed by atoms with Gasteiger partial charge >= 0.3 is 0 Å². The first-order valence-electron chi connectivity index (χ1n) is 23.0. The van der Waals surface area contributed by atoms with Crippen molar-refractivity contribution in [3.63, 3.8) is 0 Å². The average Bonchev–Trinajstić information content (AvgIpc) is 3.94. The molecule has 5 heteroatoms. The van der Waals surface area contributed by atoms with E-state index in [0.29, 0.717) is 0 Å². The molecule has 0 fully saturated rings. The number of rotatable bonds is 4.